The summed E-state index contributed by atoms with van der Waals surface area (Å²) in [6.45, 7) is 1.46. The summed E-state index contributed by atoms with van der Waals surface area (Å²) in [6.07, 6.45) is -2.43. The molecule has 2 atom stereocenters. The van der Waals surface area contributed by atoms with Crippen LogP contribution in [0.1, 0.15) is 12.5 Å². The van der Waals surface area contributed by atoms with Gasteiger partial charge in [0.15, 0.2) is 6.10 Å². The van der Waals surface area contributed by atoms with Crippen molar-refractivity contribution in [3.63, 3.8) is 0 Å². The average molecular weight is 253 g/mol. The first kappa shape index (κ1) is 14.0. The molecular weight excluding hydrogens is 238 g/mol. The number of rotatable bonds is 5. The minimum atomic E-state index is -1.66. The number of hydrogen-bond acceptors (Lipinski definition) is 4. The SMILES string of the molecule is C[C@@H](NC(=O)OCc1ccccc1)C(O)C(=O)O. The van der Waals surface area contributed by atoms with Gasteiger partial charge in [0.2, 0.25) is 0 Å². The Labute approximate surface area is 104 Å². The Morgan fingerprint density at radius 3 is 2.50 bits per heavy atom. The fourth-order valence-corrected chi connectivity index (χ4v) is 1.24. The molecule has 1 unspecified atom stereocenters. The van der Waals surface area contributed by atoms with Crippen LogP contribution in [0.4, 0.5) is 4.79 Å². The maximum absolute atomic E-state index is 11.3. The molecule has 0 spiro atoms. The molecule has 0 aromatic heterocycles. The molecular formula is C12H15NO5. The number of ether oxygens (including phenoxy) is 1. The highest BCUT2D eigenvalue weighted by Gasteiger charge is 2.23. The van der Waals surface area contributed by atoms with Gasteiger partial charge in [-0.25, -0.2) is 9.59 Å². The lowest BCUT2D eigenvalue weighted by Gasteiger charge is -2.16. The van der Waals surface area contributed by atoms with Gasteiger partial charge in [0.05, 0.1) is 6.04 Å². The van der Waals surface area contributed by atoms with Gasteiger partial charge in [-0.3, -0.25) is 0 Å². The van der Waals surface area contributed by atoms with Crippen LogP contribution in [0.2, 0.25) is 0 Å². The lowest BCUT2D eigenvalue weighted by Crippen LogP contribution is -2.45. The Kier molecular flexibility index (Phi) is 5.13. The van der Waals surface area contributed by atoms with E-state index in [1.807, 2.05) is 18.2 Å². The van der Waals surface area contributed by atoms with E-state index in [1.165, 1.54) is 6.92 Å². The summed E-state index contributed by atoms with van der Waals surface area (Å²) in [5, 5.41) is 19.9. The van der Waals surface area contributed by atoms with Crippen LogP contribution >= 0.6 is 0 Å². The second-order valence-corrected chi connectivity index (χ2v) is 3.78. The molecule has 98 valence electrons. The zero-order valence-corrected chi connectivity index (χ0v) is 9.87. The predicted octanol–water partition coefficient (Wildman–Crippen LogP) is 0.747. The number of aliphatic hydroxyl groups is 1. The van der Waals surface area contributed by atoms with Crippen molar-refractivity contribution in [3.05, 3.63) is 35.9 Å². The van der Waals surface area contributed by atoms with E-state index in [-0.39, 0.29) is 6.61 Å². The first-order chi connectivity index (χ1) is 8.50. The molecule has 0 saturated carbocycles. The number of aliphatic hydroxyl groups excluding tert-OH is 1. The van der Waals surface area contributed by atoms with Crippen LogP contribution in [-0.2, 0) is 16.1 Å². The van der Waals surface area contributed by atoms with Gasteiger partial charge < -0.3 is 20.3 Å². The third-order valence-corrected chi connectivity index (χ3v) is 2.28. The van der Waals surface area contributed by atoms with Crippen molar-refractivity contribution >= 4 is 12.1 Å². The molecule has 0 aliphatic carbocycles. The molecule has 0 aliphatic rings. The van der Waals surface area contributed by atoms with E-state index in [0.29, 0.717) is 0 Å². The van der Waals surface area contributed by atoms with Crippen molar-refractivity contribution in [2.45, 2.75) is 25.7 Å². The number of nitrogens with one attached hydrogen (secondary N) is 1. The first-order valence-corrected chi connectivity index (χ1v) is 5.39. The van der Waals surface area contributed by atoms with Crippen molar-refractivity contribution < 1.29 is 24.5 Å². The zero-order valence-electron chi connectivity index (χ0n) is 9.87. The number of carboxylic acids is 1. The van der Waals surface area contributed by atoms with E-state index < -0.39 is 24.2 Å². The van der Waals surface area contributed by atoms with Crippen molar-refractivity contribution in [3.8, 4) is 0 Å². The quantitative estimate of drug-likeness (QED) is 0.719. The maximum atomic E-state index is 11.3. The Morgan fingerprint density at radius 1 is 1.33 bits per heavy atom. The second kappa shape index (κ2) is 6.61. The number of carbonyl (C=O) groups is 2. The summed E-state index contributed by atoms with van der Waals surface area (Å²) >= 11 is 0. The number of carboxylic acid groups (broad SMARTS) is 1. The Morgan fingerprint density at radius 2 is 1.94 bits per heavy atom. The van der Waals surface area contributed by atoms with Crippen LogP contribution in [0.5, 0.6) is 0 Å². The average Bonchev–Trinajstić information content (AvgIpc) is 2.36. The fraction of sp³-hybridized carbons (Fsp3) is 0.333. The summed E-state index contributed by atoms with van der Waals surface area (Å²) in [7, 11) is 0. The standard InChI is InChI=1S/C12H15NO5/c1-8(10(14)11(15)16)13-12(17)18-7-9-5-3-2-4-6-9/h2-6,8,10,14H,7H2,1H3,(H,13,17)(H,15,16)/t8-,10?/m1/s1. The topological polar surface area (TPSA) is 95.9 Å². The minimum Gasteiger partial charge on any atom is -0.479 e. The molecule has 1 amide bonds. The normalized spacial score (nSPS) is 13.4. The van der Waals surface area contributed by atoms with Gasteiger partial charge in [-0.1, -0.05) is 30.3 Å². The molecule has 6 heteroatoms. The fourth-order valence-electron chi connectivity index (χ4n) is 1.24. The molecule has 1 aromatic rings. The Bertz CT molecular complexity index is 406. The highest BCUT2D eigenvalue weighted by molar-refractivity contribution is 5.75. The highest BCUT2D eigenvalue weighted by Crippen LogP contribution is 2.01. The molecule has 3 N–H and O–H groups in total. The van der Waals surface area contributed by atoms with Crippen molar-refractivity contribution in [1.29, 1.82) is 0 Å². The third kappa shape index (κ3) is 4.42. The molecule has 1 aromatic carbocycles. The van der Waals surface area contributed by atoms with E-state index in [0.717, 1.165) is 5.56 Å². The van der Waals surface area contributed by atoms with E-state index >= 15 is 0 Å². The number of hydrogen-bond donors (Lipinski definition) is 3. The molecule has 18 heavy (non-hydrogen) atoms. The molecule has 0 saturated heterocycles. The van der Waals surface area contributed by atoms with Crippen LogP contribution in [-0.4, -0.2) is 34.4 Å². The van der Waals surface area contributed by atoms with Gasteiger partial charge in [0.1, 0.15) is 6.61 Å². The molecule has 0 aliphatic heterocycles. The predicted molar refractivity (Wildman–Crippen MR) is 62.9 cm³/mol. The summed E-state index contributed by atoms with van der Waals surface area (Å²) < 4.78 is 4.87. The Balaban J connectivity index is 2.36. The summed E-state index contributed by atoms with van der Waals surface area (Å²) in [5.41, 5.74) is 0.819. The lowest BCUT2D eigenvalue weighted by molar-refractivity contribution is -0.147. The van der Waals surface area contributed by atoms with Crippen molar-refractivity contribution in [2.75, 3.05) is 0 Å². The van der Waals surface area contributed by atoms with Gasteiger partial charge in [-0.15, -0.1) is 0 Å². The van der Waals surface area contributed by atoms with Gasteiger partial charge in [-0.05, 0) is 12.5 Å². The van der Waals surface area contributed by atoms with Crippen LogP contribution in [0.25, 0.3) is 0 Å². The largest absolute Gasteiger partial charge is 0.479 e. The highest BCUT2D eigenvalue weighted by atomic mass is 16.5. The first-order valence-electron chi connectivity index (χ1n) is 5.39. The number of carbonyl (C=O) groups excluding carboxylic acids is 1. The number of amides is 1. The van der Waals surface area contributed by atoms with Crippen LogP contribution in [0.15, 0.2) is 30.3 Å². The van der Waals surface area contributed by atoms with Gasteiger partial charge >= 0.3 is 12.1 Å². The maximum Gasteiger partial charge on any atom is 0.407 e. The molecule has 1 rings (SSSR count). The van der Waals surface area contributed by atoms with Crippen LogP contribution < -0.4 is 5.32 Å². The van der Waals surface area contributed by atoms with E-state index in [1.54, 1.807) is 12.1 Å². The third-order valence-electron chi connectivity index (χ3n) is 2.28. The molecule has 0 heterocycles. The molecule has 0 bridgehead atoms. The van der Waals surface area contributed by atoms with E-state index in [9.17, 15) is 9.59 Å². The van der Waals surface area contributed by atoms with Gasteiger partial charge in [0.25, 0.3) is 0 Å². The number of benzene rings is 1. The van der Waals surface area contributed by atoms with Crippen molar-refractivity contribution in [1.82, 2.24) is 5.32 Å². The zero-order chi connectivity index (χ0) is 13.5. The minimum absolute atomic E-state index is 0.0859. The van der Waals surface area contributed by atoms with E-state index in [4.69, 9.17) is 14.9 Å². The monoisotopic (exact) mass is 253 g/mol. The van der Waals surface area contributed by atoms with Gasteiger partial charge in [0, 0.05) is 0 Å². The Hall–Kier alpha value is -2.08. The smallest absolute Gasteiger partial charge is 0.407 e. The van der Waals surface area contributed by atoms with Gasteiger partial charge in [-0.2, -0.15) is 0 Å². The summed E-state index contributed by atoms with van der Waals surface area (Å²) in [4.78, 5) is 21.8. The second-order valence-electron chi connectivity index (χ2n) is 3.78. The number of aliphatic carboxylic acids is 1. The molecule has 0 radical (unpaired) electrons. The molecule has 6 nitrogen and oxygen atoms in total. The summed E-state index contributed by atoms with van der Waals surface area (Å²) in [6, 6.07) is 8.13. The van der Waals surface area contributed by atoms with E-state index in [2.05, 4.69) is 5.32 Å². The lowest BCUT2D eigenvalue weighted by atomic mass is 10.2. The molecule has 0 fully saturated rings. The van der Waals surface area contributed by atoms with Crippen molar-refractivity contribution in [2.24, 2.45) is 0 Å². The number of alkyl carbamates (subject to hydrolysis) is 1. The summed E-state index contributed by atoms with van der Waals surface area (Å²) in [5.74, 6) is -1.40. The van der Waals surface area contributed by atoms with Crippen LogP contribution in [0, 0.1) is 0 Å². The van der Waals surface area contributed by atoms with Crippen LogP contribution in [0.3, 0.4) is 0 Å².